The van der Waals surface area contributed by atoms with Crippen LogP contribution in [0.5, 0.6) is 0 Å². The zero-order valence-corrected chi connectivity index (χ0v) is 16.3. The molecule has 118 valence electrons. The summed E-state index contributed by atoms with van der Waals surface area (Å²) in [5.74, 6) is 0.542. The second-order valence-corrected chi connectivity index (χ2v) is 5.86. The number of aliphatic imine (C=N–C) groups is 1. The van der Waals surface area contributed by atoms with E-state index < -0.39 is 0 Å². The first-order chi connectivity index (χ1) is 9.58. The third kappa shape index (κ3) is 5.30. The molecule has 1 aliphatic rings. The molecule has 5 nitrogen and oxygen atoms in total. The number of ether oxygens (including phenoxy) is 1. The fraction of sp³-hybridized carbons (Fsp3) is 0.500. The molecule has 2 N–H and O–H groups in total. The van der Waals surface area contributed by atoms with Gasteiger partial charge in [0.05, 0.1) is 19.8 Å². The normalized spacial score (nSPS) is 15.6. The van der Waals surface area contributed by atoms with E-state index in [1.165, 1.54) is 11.3 Å². The molecule has 1 saturated heterocycles. The Balaban J connectivity index is 0.00000220. The van der Waals surface area contributed by atoms with Gasteiger partial charge < -0.3 is 20.3 Å². The number of morpholine rings is 1. The highest BCUT2D eigenvalue weighted by Crippen LogP contribution is 2.26. The Morgan fingerprint density at radius 1 is 1.38 bits per heavy atom. The maximum Gasteiger partial charge on any atom is 0.191 e. The van der Waals surface area contributed by atoms with Gasteiger partial charge in [0, 0.05) is 37.3 Å². The summed E-state index contributed by atoms with van der Waals surface area (Å²) in [7, 11) is 3.78. The minimum Gasteiger partial charge on any atom is -0.378 e. The van der Waals surface area contributed by atoms with E-state index in [1.807, 2.05) is 25.1 Å². The number of guanidine groups is 1. The van der Waals surface area contributed by atoms with Crippen LogP contribution in [0.2, 0.25) is 0 Å². The van der Waals surface area contributed by atoms with E-state index in [1.54, 1.807) is 0 Å². The minimum absolute atomic E-state index is 0. The first kappa shape index (κ1) is 18.5. The van der Waals surface area contributed by atoms with Crippen LogP contribution < -0.4 is 10.6 Å². The number of halogens is 2. The number of hydrogen-bond donors (Lipinski definition) is 1. The Bertz CT molecular complexity index is 490. The summed E-state index contributed by atoms with van der Waals surface area (Å²) in [6.45, 7) is 3.96. The van der Waals surface area contributed by atoms with Crippen LogP contribution in [0.1, 0.15) is 5.56 Å². The maximum absolute atomic E-state index is 5.86. The molecular formula is C14H22BrIN4O. The molecule has 1 aliphatic heterocycles. The highest BCUT2D eigenvalue weighted by Gasteiger charge is 2.15. The van der Waals surface area contributed by atoms with Gasteiger partial charge in [-0.1, -0.05) is 22.0 Å². The van der Waals surface area contributed by atoms with Gasteiger partial charge in [0.25, 0.3) is 0 Å². The topological polar surface area (TPSA) is 54.1 Å². The Labute approximate surface area is 151 Å². The second kappa shape index (κ2) is 8.79. The largest absolute Gasteiger partial charge is 0.378 e. The predicted octanol–water partition coefficient (Wildman–Crippen LogP) is 2.28. The van der Waals surface area contributed by atoms with Crippen molar-refractivity contribution in [3.05, 3.63) is 28.2 Å². The van der Waals surface area contributed by atoms with Crippen LogP contribution in [0.4, 0.5) is 5.69 Å². The highest BCUT2D eigenvalue weighted by atomic mass is 127. The Morgan fingerprint density at radius 2 is 2.05 bits per heavy atom. The van der Waals surface area contributed by atoms with Gasteiger partial charge in [-0.15, -0.1) is 24.0 Å². The smallest absolute Gasteiger partial charge is 0.191 e. The lowest BCUT2D eigenvalue weighted by molar-refractivity contribution is 0.122. The molecule has 2 rings (SSSR count). The molecule has 0 aliphatic carbocycles. The summed E-state index contributed by atoms with van der Waals surface area (Å²) in [4.78, 5) is 8.58. The van der Waals surface area contributed by atoms with Gasteiger partial charge in [-0.3, -0.25) is 0 Å². The summed E-state index contributed by atoms with van der Waals surface area (Å²) in [5, 5.41) is 0. The molecule has 0 spiro atoms. The van der Waals surface area contributed by atoms with Gasteiger partial charge in [0.2, 0.25) is 0 Å². The molecule has 0 bridgehead atoms. The van der Waals surface area contributed by atoms with E-state index >= 15 is 0 Å². The van der Waals surface area contributed by atoms with Crippen molar-refractivity contribution in [1.29, 1.82) is 0 Å². The number of benzene rings is 1. The third-order valence-electron chi connectivity index (χ3n) is 3.27. The number of hydrogen-bond acceptors (Lipinski definition) is 3. The second-order valence-electron chi connectivity index (χ2n) is 4.94. The van der Waals surface area contributed by atoms with Crippen LogP contribution in [0.25, 0.3) is 0 Å². The molecule has 0 aromatic heterocycles. The Kier molecular flexibility index (Phi) is 7.75. The van der Waals surface area contributed by atoms with E-state index in [0.29, 0.717) is 12.5 Å². The monoisotopic (exact) mass is 468 g/mol. The zero-order valence-electron chi connectivity index (χ0n) is 12.4. The maximum atomic E-state index is 5.86. The average Bonchev–Trinajstić information content (AvgIpc) is 2.46. The molecular weight excluding hydrogens is 447 g/mol. The number of anilines is 1. The van der Waals surface area contributed by atoms with E-state index in [9.17, 15) is 0 Å². The molecule has 0 radical (unpaired) electrons. The number of nitrogens with zero attached hydrogens (tertiary/aromatic N) is 3. The molecule has 0 saturated carbocycles. The van der Waals surface area contributed by atoms with E-state index in [0.717, 1.165) is 30.8 Å². The SMILES string of the molecule is CN(C)C(N)=NCc1ccc(Br)cc1N1CCOCC1.I. The first-order valence-corrected chi connectivity index (χ1v) is 7.45. The molecule has 0 unspecified atom stereocenters. The van der Waals surface area contributed by atoms with Crippen LogP contribution >= 0.6 is 39.9 Å². The number of rotatable bonds is 3. The van der Waals surface area contributed by atoms with Crippen molar-refractivity contribution in [3.8, 4) is 0 Å². The van der Waals surface area contributed by atoms with Gasteiger partial charge >= 0.3 is 0 Å². The van der Waals surface area contributed by atoms with E-state index in [-0.39, 0.29) is 24.0 Å². The molecule has 7 heteroatoms. The highest BCUT2D eigenvalue weighted by molar-refractivity contribution is 14.0. The molecule has 1 heterocycles. The van der Waals surface area contributed by atoms with Crippen molar-refractivity contribution in [1.82, 2.24) is 4.90 Å². The van der Waals surface area contributed by atoms with Crippen molar-refractivity contribution in [2.75, 3.05) is 45.3 Å². The Morgan fingerprint density at radius 3 is 2.67 bits per heavy atom. The minimum atomic E-state index is 0. The first-order valence-electron chi connectivity index (χ1n) is 6.66. The van der Waals surface area contributed by atoms with Gasteiger partial charge in [-0.2, -0.15) is 0 Å². The third-order valence-corrected chi connectivity index (χ3v) is 3.76. The van der Waals surface area contributed by atoms with Crippen LogP contribution in [-0.2, 0) is 11.3 Å². The standard InChI is InChI=1S/C14H21BrN4O.HI/c1-18(2)14(16)17-10-11-3-4-12(15)9-13(11)19-5-7-20-8-6-19;/h3-4,9H,5-8,10H2,1-2H3,(H2,16,17);1H. The molecule has 21 heavy (non-hydrogen) atoms. The quantitative estimate of drug-likeness (QED) is 0.420. The predicted molar refractivity (Wildman–Crippen MR) is 102 cm³/mol. The molecule has 1 aromatic rings. The van der Waals surface area contributed by atoms with Crippen molar-refractivity contribution in [2.24, 2.45) is 10.7 Å². The molecule has 1 aromatic carbocycles. The Hall–Kier alpha value is -0.540. The van der Waals surface area contributed by atoms with Crippen LogP contribution in [0.3, 0.4) is 0 Å². The summed E-state index contributed by atoms with van der Waals surface area (Å²) < 4.78 is 6.49. The summed E-state index contributed by atoms with van der Waals surface area (Å²) >= 11 is 3.54. The van der Waals surface area contributed by atoms with Crippen molar-refractivity contribution in [3.63, 3.8) is 0 Å². The van der Waals surface area contributed by atoms with Gasteiger partial charge in [0.1, 0.15) is 0 Å². The lowest BCUT2D eigenvalue weighted by atomic mass is 10.1. The zero-order chi connectivity index (χ0) is 14.5. The van der Waals surface area contributed by atoms with Crippen molar-refractivity contribution < 1.29 is 4.74 Å². The molecule has 0 amide bonds. The lowest BCUT2D eigenvalue weighted by Crippen LogP contribution is -2.36. The number of nitrogens with two attached hydrogens (primary N) is 1. The fourth-order valence-electron chi connectivity index (χ4n) is 2.08. The molecule has 0 atom stereocenters. The van der Waals surface area contributed by atoms with Gasteiger partial charge in [0.15, 0.2) is 5.96 Å². The van der Waals surface area contributed by atoms with Crippen LogP contribution in [0.15, 0.2) is 27.7 Å². The van der Waals surface area contributed by atoms with Crippen molar-refractivity contribution in [2.45, 2.75) is 6.54 Å². The average molecular weight is 469 g/mol. The van der Waals surface area contributed by atoms with E-state index in [2.05, 4.69) is 38.0 Å². The van der Waals surface area contributed by atoms with Crippen molar-refractivity contribution >= 4 is 51.6 Å². The van der Waals surface area contributed by atoms with E-state index in [4.69, 9.17) is 10.5 Å². The summed E-state index contributed by atoms with van der Waals surface area (Å²) in [6.07, 6.45) is 0. The van der Waals surface area contributed by atoms with Gasteiger partial charge in [-0.05, 0) is 17.7 Å². The van der Waals surface area contributed by atoms with Gasteiger partial charge in [-0.25, -0.2) is 4.99 Å². The summed E-state index contributed by atoms with van der Waals surface area (Å²) in [5.41, 5.74) is 8.24. The lowest BCUT2D eigenvalue weighted by Gasteiger charge is -2.30. The molecule has 1 fully saturated rings. The fourth-order valence-corrected chi connectivity index (χ4v) is 2.43. The summed E-state index contributed by atoms with van der Waals surface area (Å²) in [6, 6.07) is 6.28. The van der Waals surface area contributed by atoms with Crippen LogP contribution in [-0.4, -0.2) is 51.3 Å². The van der Waals surface area contributed by atoms with Crippen LogP contribution in [0, 0.1) is 0 Å².